The first-order valence-electron chi connectivity index (χ1n) is 5.68. The molecule has 0 N–H and O–H groups in total. The van der Waals surface area contributed by atoms with Gasteiger partial charge >= 0.3 is 0 Å². The van der Waals surface area contributed by atoms with Crippen LogP contribution >= 0.6 is 0 Å². The van der Waals surface area contributed by atoms with Crippen molar-refractivity contribution in [1.82, 2.24) is 0 Å². The predicted octanol–water partition coefficient (Wildman–Crippen LogP) is 5.44. The Labute approximate surface area is 86.4 Å². The van der Waals surface area contributed by atoms with Gasteiger partial charge in [0.05, 0.1) is 0 Å². The predicted molar refractivity (Wildman–Crippen MR) is 66.2 cm³/mol. The Hall–Kier alpha value is -0.260. The molecule has 0 heterocycles. The van der Waals surface area contributed by atoms with Gasteiger partial charge in [-0.2, -0.15) is 0 Å². The van der Waals surface area contributed by atoms with Crippen molar-refractivity contribution in [2.75, 3.05) is 0 Å². The minimum Gasteiger partial charge on any atom is -0.106 e. The van der Waals surface area contributed by atoms with Crippen LogP contribution in [0, 0.1) is 5.92 Å². The van der Waals surface area contributed by atoms with E-state index >= 15 is 0 Å². The van der Waals surface area contributed by atoms with Crippen LogP contribution in [-0.4, -0.2) is 0 Å². The molecule has 0 aliphatic heterocycles. The highest BCUT2D eigenvalue weighted by Gasteiger charge is 1.80. The van der Waals surface area contributed by atoms with E-state index in [4.69, 9.17) is 0 Å². The maximum atomic E-state index is 3.00. The minimum absolute atomic E-state index is 0.884. The van der Waals surface area contributed by atoms with Gasteiger partial charge < -0.3 is 0 Å². The van der Waals surface area contributed by atoms with Crippen molar-refractivity contribution in [3.05, 3.63) is 13.2 Å². The summed E-state index contributed by atoms with van der Waals surface area (Å²) in [4.78, 5) is 0. The lowest BCUT2D eigenvalue weighted by Gasteiger charge is -1.90. The minimum atomic E-state index is 0.884. The number of unbranched alkanes of at least 4 members (excludes halogenated alkanes) is 3. The summed E-state index contributed by atoms with van der Waals surface area (Å²) in [6, 6.07) is 0. The topological polar surface area (TPSA) is 0 Å². The molecule has 13 heavy (non-hydrogen) atoms. The van der Waals surface area contributed by atoms with Gasteiger partial charge in [-0.05, 0) is 5.92 Å². The van der Waals surface area contributed by atoms with Gasteiger partial charge in [-0.3, -0.25) is 0 Å². The first-order chi connectivity index (χ1) is 6.18. The van der Waals surface area contributed by atoms with Crippen LogP contribution in [0.4, 0.5) is 0 Å². The molecular weight excluding hydrogens is 156 g/mol. The van der Waals surface area contributed by atoms with Crippen LogP contribution in [0.5, 0.6) is 0 Å². The van der Waals surface area contributed by atoms with Gasteiger partial charge in [0.1, 0.15) is 0 Å². The Balaban J connectivity index is -0.000000131. The fraction of sp³-hybridized carbons (Fsp3) is 0.846. The van der Waals surface area contributed by atoms with Crippen molar-refractivity contribution in [2.45, 2.75) is 66.7 Å². The molecule has 82 valence electrons. The molecule has 0 fully saturated rings. The molecular formula is C13H30. The smallest absolute Gasteiger partial charge is 0.0474 e. The first kappa shape index (κ1) is 18.5. The van der Waals surface area contributed by atoms with Crippen molar-refractivity contribution >= 4 is 0 Å². The van der Waals surface area contributed by atoms with Crippen molar-refractivity contribution < 1.29 is 0 Å². The summed E-state index contributed by atoms with van der Waals surface area (Å²) in [6.07, 6.45) is 6.84. The van der Waals surface area contributed by atoms with E-state index in [0.29, 0.717) is 0 Å². The quantitative estimate of drug-likeness (QED) is 0.405. The summed E-state index contributed by atoms with van der Waals surface area (Å²) < 4.78 is 0. The van der Waals surface area contributed by atoms with Crippen LogP contribution in [0.1, 0.15) is 66.7 Å². The summed E-state index contributed by atoms with van der Waals surface area (Å²) in [6.45, 7) is 17.1. The molecule has 0 aliphatic carbocycles. The van der Waals surface area contributed by atoms with Crippen LogP contribution in [-0.2, 0) is 0 Å². The van der Waals surface area contributed by atoms with Gasteiger partial charge in [0.2, 0.25) is 0 Å². The molecule has 0 radical (unpaired) electrons. The average molecular weight is 186 g/mol. The zero-order valence-corrected chi connectivity index (χ0v) is 10.5. The van der Waals surface area contributed by atoms with E-state index < -0.39 is 0 Å². The van der Waals surface area contributed by atoms with E-state index in [2.05, 4.69) is 47.8 Å². The van der Waals surface area contributed by atoms with E-state index in [1.165, 1.54) is 32.1 Å². The van der Waals surface area contributed by atoms with Gasteiger partial charge in [-0.25, -0.2) is 0 Å². The Kier molecular flexibility index (Phi) is 32.2. The van der Waals surface area contributed by atoms with Gasteiger partial charge in [0.25, 0.3) is 0 Å². The maximum Gasteiger partial charge on any atom is -0.0474 e. The second-order valence-corrected chi connectivity index (χ2v) is 3.51. The lowest BCUT2D eigenvalue weighted by molar-refractivity contribution is 0.626. The SMILES string of the molecule is C=C.CCC(C)C.CCCCCC. The zero-order chi connectivity index (χ0) is 11.1. The molecule has 0 aromatic rings. The molecule has 0 spiro atoms. The molecule has 0 aromatic heterocycles. The summed E-state index contributed by atoms with van der Waals surface area (Å²) in [5.41, 5.74) is 0. The van der Waals surface area contributed by atoms with E-state index in [0.717, 1.165) is 5.92 Å². The fourth-order valence-electron chi connectivity index (χ4n) is 0.500. The van der Waals surface area contributed by atoms with Crippen LogP contribution in [0.25, 0.3) is 0 Å². The lowest BCUT2D eigenvalue weighted by atomic mass is 10.2. The third-order valence-electron chi connectivity index (χ3n) is 1.77. The second-order valence-electron chi connectivity index (χ2n) is 3.51. The van der Waals surface area contributed by atoms with Crippen LogP contribution in [0.3, 0.4) is 0 Å². The fourth-order valence-corrected chi connectivity index (χ4v) is 0.500. The third kappa shape index (κ3) is 49.6. The summed E-state index contributed by atoms with van der Waals surface area (Å²) in [5, 5.41) is 0. The molecule has 0 heteroatoms. The largest absolute Gasteiger partial charge is 0.106 e. The molecule has 0 aromatic carbocycles. The normalized spacial score (nSPS) is 8.15. The van der Waals surface area contributed by atoms with Gasteiger partial charge in [0, 0.05) is 0 Å². The molecule has 0 bridgehead atoms. The molecule has 0 unspecified atom stereocenters. The molecule has 0 aliphatic rings. The number of hydrogen-bond donors (Lipinski definition) is 0. The highest BCUT2D eigenvalue weighted by Crippen LogP contribution is 1.95. The molecule has 0 atom stereocenters. The van der Waals surface area contributed by atoms with Crippen molar-refractivity contribution in [3.8, 4) is 0 Å². The summed E-state index contributed by atoms with van der Waals surface area (Å²) >= 11 is 0. The Morgan fingerprint density at radius 2 is 1.08 bits per heavy atom. The molecule has 0 rings (SSSR count). The van der Waals surface area contributed by atoms with E-state index in [9.17, 15) is 0 Å². The van der Waals surface area contributed by atoms with Gasteiger partial charge in [0.15, 0.2) is 0 Å². The van der Waals surface area contributed by atoms with E-state index in [1.54, 1.807) is 0 Å². The average Bonchev–Trinajstić information content (AvgIpc) is 2.18. The van der Waals surface area contributed by atoms with Crippen LogP contribution in [0.15, 0.2) is 13.2 Å². The molecule has 0 saturated carbocycles. The highest BCUT2D eigenvalue weighted by atomic mass is 13.9. The molecule has 0 amide bonds. The van der Waals surface area contributed by atoms with Gasteiger partial charge in [-0.15, -0.1) is 13.2 Å². The van der Waals surface area contributed by atoms with Crippen molar-refractivity contribution in [1.29, 1.82) is 0 Å². The second kappa shape index (κ2) is 22.6. The third-order valence-corrected chi connectivity index (χ3v) is 1.77. The Morgan fingerprint density at radius 3 is 1.15 bits per heavy atom. The Morgan fingerprint density at radius 1 is 0.846 bits per heavy atom. The summed E-state index contributed by atoms with van der Waals surface area (Å²) in [5.74, 6) is 0.884. The zero-order valence-electron chi connectivity index (χ0n) is 10.5. The number of rotatable bonds is 4. The monoisotopic (exact) mass is 186 g/mol. The lowest BCUT2D eigenvalue weighted by Crippen LogP contribution is -1.77. The van der Waals surface area contributed by atoms with Crippen molar-refractivity contribution in [2.24, 2.45) is 5.92 Å². The summed E-state index contributed by atoms with van der Waals surface area (Å²) in [7, 11) is 0. The van der Waals surface area contributed by atoms with Crippen LogP contribution < -0.4 is 0 Å². The highest BCUT2D eigenvalue weighted by molar-refractivity contribution is 4.32. The van der Waals surface area contributed by atoms with Crippen molar-refractivity contribution in [3.63, 3.8) is 0 Å². The van der Waals surface area contributed by atoms with E-state index in [-0.39, 0.29) is 0 Å². The number of hydrogen-bond acceptors (Lipinski definition) is 0. The van der Waals surface area contributed by atoms with Gasteiger partial charge in [-0.1, -0.05) is 66.7 Å². The Bertz CT molecular complexity index is 51.1. The van der Waals surface area contributed by atoms with E-state index in [1.807, 2.05) is 0 Å². The standard InChI is InChI=1S/C6H14.C5H12.C2H4/c1-3-5-6-4-2;1-4-5(2)3;1-2/h3-6H2,1-2H3;5H,4H2,1-3H3;1-2H2. The maximum absolute atomic E-state index is 3.00. The first-order valence-corrected chi connectivity index (χ1v) is 5.68. The van der Waals surface area contributed by atoms with Crippen LogP contribution in [0.2, 0.25) is 0 Å². The molecule has 0 nitrogen and oxygen atoms in total. The molecule has 0 saturated heterocycles.